The molecule has 0 bridgehead atoms. The molecule has 0 aliphatic carbocycles. The summed E-state index contributed by atoms with van der Waals surface area (Å²) in [7, 11) is 1.68. The lowest BCUT2D eigenvalue weighted by Gasteiger charge is -2.39. The van der Waals surface area contributed by atoms with Gasteiger partial charge in [-0.1, -0.05) is 24.3 Å². The third-order valence-electron chi connectivity index (χ3n) is 6.77. The summed E-state index contributed by atoms with van der Waals surface area (Å²) in [6.07, 6.45) is 2.98. The predicted molar refractivity (Wildman–Crippen MR) is 142 cm³/mol. The molecule has 2 N–H and O–H groups in total. The third kappa shape index (κ3) is 6.62. The average Bonchev–Trinajstić information content (AvgIpc) is 3.40. The lowest BCUT2D eigenvalue weighted by Crippen LogP contribution is -2.63. The van der Waals surface area contributed by atoms with Crippen molar-refractivity contribution in [2.45, 2.75) is 31.3 Å². The van der Waals surface area contributed by atoms with Gasteiger partial charge in [-0.15, -0.1) is 0 Å². The fourth-order valence-corrected chi connectivity index (χ4v) is 4.63. The Morgan fingerprint density at radius 2 is 1.74 bits per heavy atom. The van der Waals surface area contributed by atoms with E-state index in [2.05, 4.69) is 15.7 Å². The Morgan fingerprint density at radius 1 is 1.05 bits per heavy atom. The van der Waals surface area contributed by atoms with Gasteiger partial charge in [0.2, 0.25) is 11.8 Å². The van der Waals surface area contributed by atoms with Crippen LogP contribution in [0.2, 0.25) is 0 Å². The normalized spacial score (nSPS) is 14.4. The number of carbonyl (C=O) groups is 2. The number of rotatable bonds is 10. The minimum atomic E-state index is -1.07. The van der Waals surface area contributed by atoms with Crippen LogP contribution in [-0.2, 0) is 22.6 Å². The summed E-state index contributed by atoms with van der Waals surface area (Å²) in [5, 5.41) is 32.5. The van der Waals surface area contributed by atoms with Crippen molar-refractivity contribution >= 4 is 23.2 Å². The SMILES string of the molecule is CN(CCc1ccc([N+](=O)[O-])cc1)C(=O)C1(NC(=O)Cn2ccc(-c3cccc([N+](=O)[O-])c3)n2)CCNCC1. The van der Waals surface area contributed by atoms with Crippen molar-refractivity contribution in [2.24, 2.45) is 0 Å². The Balaban J connectivity index is 1.40. The number of nitro groups is 2. The maximum absolute atomic E-state index is 13.6. The topological polar surface area (TPSA) is 166 Å². The summed E-state index contributed by atoms with van der Waals surface area (Å²) in [6.45, 7) is 1.40. The summed E-state index contributed by atoms with van der Waals surface area (Å²) in [4.78, 5) is 49.2. The summed E-state index contributed by atoms with van der Waals surface area (Å²) in [6, 6.07) is 14.0. The maximum Gasteiger partial charge on any atom is 0.270 e. The fourth-order valence-electron chi connectivity index (χ4n) is 4.63. The van der Waals surface area contributed by atoms with Gasteiger partial charge in [0.1, 0.15) is 12.1 Å². The number of nitrogens with zero attached hydrogens (tertiary/aromatic N) is 5. The van der Waals surface area contributed by atoms with Crippen molar-refractivity contribution in [3.8, 4) is 11.3 Å². The third-order valence-corrected chi connectivity index (χ3v) is 6.77. The molecule has 39 heavy (non-hydrogen) atoms. The first-order valence-electron chi connectivity index (χ1n) is 12.5. The van der Waals surface area contributed by atoms with Crippen molar-refractivity contribution in [1.82, 2.24) is 25.3 Å². The molecule has 2 aromatic carbocycles. The van der Waals surface area contributed by atoms with Crippen LogP contribution in [0.5, 0.6) is 0 Å². The van der Waals surface area contributed by atoms with Gasteiger partial charge in [0.15, 0.2) is 0 Å². The molecular formula is C26H29N7O6. The zero-order chi connectivity index (χ0) is 28.0. The highest BCUT2D eigenvalue weighted by Crippen LogP contribution is 2.24. The Bertz CT molecular complexity index is 1370. The smallest absolute Gasteiger partial charge is 0.270 e. The Hall–Kier alpha value is -4.65. The fraction of sp³-hybridized carbons (Fsp3) is 0.346. The summed E-state index contributed by atoms with van der Waals surface area (Å²) in [5.41, 5.74) is 0.801. The molecule has 4 rings (SSSR count). The molecule has 0 spiro atoms. The van der Waals surface area contributed by atoms with E-state index in [0.717, 1.165) is 5.56 Å². The van der Waals surface area contributed by atoms with Crippen LogP contribution in [0.1, 0.15) is 18.4 Å². The number of piperidine rings is 1. The van der Waals surface area contributed by atoms with E-state index in [1.807, 2.05) is 0 Å². The minimum absolute atomic E-state index is 0.00827. The van der Waals surface area contributed by atoms with Gasteiger partial charge in [0.25, 0.3) is 11.4 Å². The number of non-ortho nitro benzene ring substituents is 2. The van der Waals surface area contributed by atoms with Crippen LogP contribution in [0.4, 0.5) is 11.4 Å². The van der Waals surface area contributed by atoms with E-state index >= 15 is 0 Å². The lowest BCUT2D eigenvalue weighted by atomic mass is 9.86. The second-order valence-electron chi connectivity index (χ2n) is 9.49. The van der Waals surface area contributed by atoms with Gasteiger partial charge in [0.05, 0.1) is 15.5 Å². The van der Waals surface area contributed by atoms with Gasteiger partial charge in [-0.05, 0) is 44.0 Å². The van der Waals surface area contributed by atoms with E-state index in [-0.39, 0.29) is 29.7 Å². The number of likely N-dealkylation sites (N-methyl/N-ethyl adjacent to an activating group) is 1. The summed E-state index contributed by atoms with van der Waals surface area (Å²) in [5.74, 6) is -0.570. The first-order chi connectivity index (χ1) is 18.7. The molecule has 0 atom stereocenters. The largest absolute Gasteiger partial charge is 0.343 e. The summed E-state index contributed by atoms with van der Waals surface area (Å²) >= 11 is 0. The van der Waals surface area contributed by atoms with E-state index in [9.17, 15) is 29.8 Å². The second-order valence-corrected chi connectivity index (χ2v) is 9.49. The van der Waals surface area contributed by atoms with Gasteiger partial charge in [-0.2, -0.15) is 5.10 Å². The van der Waals surface area contributed by atoms with Crippen LogP contribution in [0.15, 0.2) is 60.8 Å². The van der Waals surface area contributed by atoms with Crippen LogP contribution < -0.4 is 10.6 Å². The minimum Gasteiger partial charge on any atom is -0.343 e. The quantitative estimate of drug-likeness (QED) is 0.295. The number of hydrogen-bond acceptors (Lipinski definition) is 8. The zero-order valence-corrected chi connectivity index (χ0v) is 21.4. The number of carbonyl (C=O) groups excluding carboxylic acids is 2. The molecule has 13 nitrogen and oxygen atoms in total. The van der Waals surface area contributed by atoms with E-state index in [0.29, 0.717) is 50.2 Å². The average molecular weight is 536 g/mol. The maximum atomic E-state index is 13.6. The van der Waals surface area contributed by atoms with E-state index in [4.69, 9.17) is 0 Å². The molecule has 1 aromatic heterocycles. The molecule has 1 saturated heterocycles. The van der Waals surface area contributed by atoms with Crippen molar-refractivity contribution in [3.63, 3.8) is 0 Å². The zero-order valence-electron chi connectivity index (χ0n) is 21.4. The molecule has 3 aromatic rings. The van der Waals surface area contributed by atoms with E-state index < -0.39 is 15.4 Å². The molecule has 2 heterocycles. The van der Waals surface area contributed by atoms with Crippen LogP contribution in [0, 0.1) is 20.2 Å². The van der Waals surface area contributed by atoms with Gasteiger partial charge in [-0.25, -0.2) is 0 Å². The standard InChI is InChI=1S/C26H29N7O6/c1-30(15-9-19-5-7-21(8-6-19)32(36)37)25(35)26(11-13-27-14-12-26)28-24(34)18-31-16-10-23(29-31)20-3-2-4-22(17-20)33(38)39/h2-8,10,16-17,27H,9,11-15,18H2,1H3,(H,28,34). The van der Waals surface area contributed by atoms with Crippen molar-refractivity contribution in [2.75, 3.05) is 26.7 Å². The Morgan fingerprint density at radius 3 is 2.41 bits per heavy atom. The first kappa shape index (κ1) is 27.4. The second kappa shape index (κ2) is 11.8. The van der Waals surface area contributed by atoms with Gasteiger partial charge in [0, 0.05) is 49.6 Å². The van der Waals surface area contributed by atoms with Gasteiger partial charge in [-0.3, -0.25) is 34.5 Å². The highest BCUT2D eigenvalue weighted by atomic mass is 16.6. The highest BCUT2D eigenvalue weighted by Gasteiger charge is 2.42. The number of nitro benzene ring substituents is 2. The molecule has 13 heteroatoms. The number of hydrogen-bond donors (Lipinski definition) is 2. The van der Waals surface area contributed by atoms with Crippen LogP contribution >= 0.6 is 0 Å². The molecular weight excluding hydrogens is 506 g/mol. The van der Waals surface area contributed by atoms with E-state index in [1.54, 1.807) is 48.5 Å². The number of amides is 2. The molecule has 0 radical (unpaired) electrons. The van der Waals surface area contributed by atoms with Crippen LogP contribution in [-0.4, -0.2) is 68.6 Å². The van der Waals surface area contributed by atoms with Gasteiger partial charge < -0.3 is 15.5 Å². The number of aromatic nitrogens is 2. The van der Waals surface area contributed by atoms with Crippen LogP contribution in [0.3, 0.4) is 0 Å². The van der Waals surface area contributed by atoms with Crippen molar-refractivity contribution in [3.05, 3.63) is 86.6 Å². The monoisotopic (exact) mass is 535 g/mol. The van der Waals surface area contributed by atoms with Crippen molar-refractivity contribution in [1.29, 1.82) is 0 Å². The van der Waals surface area contributed by atoms with Crippen LogP contribution in [0.25, 0.3) is 11.3 Å². The number of nitrogens with one attached hydrogen (secondary N) is 2. The lowest BCUT2D eigenvalue weighted by molar-refractivity contribution is -0.385. The Kier molecular flexibility index (Phi) is 8.30. The molecule has 1 aliphatic heterocycles. The molecule has 0 unspecified atom stereocenters. The van der Waals surface area contributed by atoms with E-state index in [1.165, 1.54) is 28.9 Å². The first-order valence-corrected chi connectivity index (χ1v) is 12.5. The summed E-state index contributed by atoms with van der Waals surface area (Å²) < 4.78 is 1.43. The number of benzene rings is 2. The van der Waals surface area contributed by atoms with Crippen molar-refractivity contribution < 1.29 is 19.4 Å². The highest BCUT2D eigenvalue weighted by molar-refractivity contribution is 5.91. The molecule has 1 aliphatic rings. The van der Waals surface area contributed by atoms with Gasteiger partial charge >= 0.3 is 0 Å². The molecule has 2 amide bonds. The predicted octanol–water partition coefficient (Wildman–Crippen LogP) is 2.31. The Labute approximate surface area is 224 Å². The molecule has 204 valence electrons. The molecule has 0 saturated carbocycles. The molecule has 1 fully saturated rings.